The molecule has 0 bridgehead atoms. The molecule has 0 N–H and O–H groups in total. The maximum absolute atomic E-state index is 5.28. The number of hydrogen-bond acceptors (Lipinski definition) is 3. The van der Waals surface area contributed by atoms with Crippen molar-refractivity contribution >= 4 is 0 Å². The van der Waals surface area contributed by atoms with Crippen LogP contribution in [0.15, 0.2) is 6.07 Å². The molecule has 0 saturated carbocycles. The van der Waals surface area contributed by atoms with Gasteiger partial charge in [0.05, 0.1) is 24.6 Å². The Labute approximate surface area is 65.4 Å². The van der Waals surface area contributed by atoms with E-state index in [1.165, 1.54) is 5.56 Å². The van der Waals surface area contributed by atoms with Crippen LogP contribution in [0.1, 0.15) is 17.0 Å². The molecule has 0 fully saturated rings. The Bertz CT molecular complexity index is 273. The molecule has 0 aromatic carbocycles. The molecule has 0 spiro atoms. The second-order valence-electron chi connectivity index (χ2n) is 2.76. The quantitative estimate of drug-likeness (QED) is 0.550. The number of aromatic nitrogens is 2. The topological polar surface area (TPSA) is 35.0 Å². The highest BCUT2D eigenvalue weighted by Gasteiger charge is 2.10. The normalized spacial score (nSPS) is 16.1. The van der Waals surface area contributed by atoms with Crippen molar-refractivity contribution in [3.05, 3.63) is 23.0 Å². The van der Waals surface area contributed by atoms with E-state index in [9.17, 15) is 0 Å². The van der Waals surface area contributed by atoms with Gasteiger partial charge in [0, 0.05) is 12.0 Å². The fraction of sp³-hybridized carbons (Fsp3) is 0.500. The summed E-state index contributed by atoms with van der Waals surface area (Å²) in [5.74, 6) is 0. The lowest BCUT2D eigenvalue weighted by Gasteiger charge is -2.14. The summed E-state index contributed by atoms with van der Waals surface area (Å²) in [4.78, 5) is 0. The summed E-state index contributed by atoms with van der Waals surface area (Å²) in [5.41, 5.74) is 3.26. The highest BCUT2D eigenvalue weighted by Crippen LogP contribution is 2.13. The zero-order valence-corrected chi connectivity index (χ0v) is 6.50. The molecule has 1 aliphatic heterocycles. The Hall–Kier alpha value is -0.960. The second-order valence-corrected chi connectivity index (χ2v) is 2.76. The number of hydrogen-bond donors (Lipinski definition) is 0. The van der Waals surface area contributed by atoms with Gasteiger partial charge in [-0.15, -0.1) is 0 Å². The van der Waals surface area contributed by atoms with Crippen LogP contribution >= 0.6 is 0 Å². The van der Waals surface area contributed by atoms with Crippen LogP contribution in [-0.4, -0.2) is 16.8 Å². The zero-order chi connectivity index (χ0) is 7.68. The number of rotatable bonds is 0. The Morgan fingerprint density at radius 3 is 3.27 bits per heavy atom. The molecule has 1 aromatic rings. The van der Waals surface area contributed by atoms with E-state index in [1.54, 1.807) is 0 Å². The predicted octanol–water partition coefficient (Wildman–Crippen LogP) is 0.858. The SMILES string of the molecule is Cc1cc2c(nn1)CCOC2. The fourth-order valence-corrected chi connectivity index (χ4v) is 1.25. The average Bonchev–Trinajstić information content (AvgIpc) is 2.04. The van der Waals surface area contributed by atoms with Crippen molar-refractivity contribution in [3.63, 3.8) is 0 Å². The molecule has 2 rings (SSSR count). The summed E-state index contributed by atoms with van der Waals surface area (Å²) in [6.45, 7) is 3.43. The first-order chi connectivity index (χ1) is 5.36. The first kappa shape index (κ1) is 6.73. The third kappa shape index (κ3) is 1.24. The summed E-state index contributed by atoms with van der Waals surface area (Å²) < 4.78 is 5.28. The Kier molecular flexibility index (Phi) is 1.58. The average molecular weight is 150 g/mol. The van der Waals surface area contributed by atoms with Crippen LogP contribution in [-0.2, 0) is 17.8 Å². The van der Waals surface area contributed by atoms with Crippen molar-refractivity contribution in [2.75, 3.05) is 6.61 Å². The van der Waals surface area contributed by atoms with E-state index in [2.05, 4.69) is 10.2 Å². The largest absolute Gasteiger partial charge is 0.376 e. The molecule has 0 aliphatic carbocycles. The molecule has 11 heavy (non-hydrogen) atoms. The molecular formula is C8H10N2O. The maximum atomic E-state index is 5.28. The maximum Gasteiger partial charge on any atom is 0.0736 e. The number of ether oxygens (including phenoxy) is 1. The molecule has 0 unspecified atom stereocenters. The lowest BCUT2D eigenvalue weighted by molar-refractivity contribution is 0.108. The van der Waals surface area contributed by atoms with Crippen molar-refractivity contribution in [2.45, 2.75) is 20.0 Å². The van der Waals surface area contributed by atoms with Crippen molar-refractivity contribution in [3.8, 4) is 0 Å². The van der Waals surface area contributed by atoms with Crippen molar-refractivity contribution < 1.29 is 4.74 Å². The summed E-state index contributed by atoms with van der Waals surface area (Å²) in [6.07, 6.45) is 0.905. The van der Waals surface area contributed by atoms with Crippen molar-refractivity contribution in [2.24, 2.45) is 0 Å². The van der Waals surface area contributed by atoms with E-state index in [-0.39, 0.29) is 0 Å². The fourth-order valence-electron chi connectivity index (χ4n) is 1.25. The number of nitrogens with zero attached hydrogens (tertiary/aromatic N) is 2. The van der Waals surface area contributed by atoms with Gasteiger partial charge in [-0.25, -0.2) is 0 Å². The molecule has 2 heterocycles. The van der Waals surface area contributed by atoms with Gasteiger partial charge in [0.2, 0.25) is 0 Å². The van der Waals surface area contributed by atoms with Gasteiger partial charge >= 0.3 is 0 Å². The highest BCUT2D eigenvalue weighted by molar-refractivity contribution is 5.21. The first-order valence-corrected chi connectivity index (χ1v) is 3.76. The highest BCUT2D eigenvalue weighted by atomic mass is 16.5. The lowest BCUT2D eigenvalue weighted by atomic mass is 10.1. The lowest BCUT2D eigenvalue weighted by Crippen LogP contribution is -2.12. The summed E-state index contributed by atoms with van der Waals surface area (Å²) >= 11 is 0. The number of aryl methyl sites for hydroxylation is 1. The van der Waals surface area contributed by atoms with E-state index in [0.29, 0.717) is 6.61 Å². The van der Waals surface area contributed by atoms with Gasteiger partial charge in [0.25, 0.3) is 0 Å². The van der Waals surface area contributed by atoms with Gasteiger partial charge in [-0.2, -0.15) is 10.2 Å². The smallest absolute Gasteiger partial charge is 0.0736 e. The van der Waals surface area contributed by atoms with Crippen LogP contribution < -0.4 is 0 Å². The molecule has 1 aromatic heterocycles. The third-order valence-corrected chi connectivity index (χ3v) is 1.82. The molecule has 0 amide bonds. The van der Waals surface area contributed by atoms with Crippen LogP contribution in [0.25, 0.3) is 0 Å². The summed E-state index contributed by atoms with van der Waals surface area (Å²) in [7, 11) is 0. The molecule has 0 saturated heterocycles. The van der Waals surface area contributed by atoms with Crippen LogP contribution in [0, 0.1) is 6.92 Å². The van der Waals surface area contributed by atoms with E-state index >= 15 is 0 Å². The van der Waals surface area contributed by atoms with Gasteiger partial charge < -0.3 is 4.74 Å². The van der Waals surface area contributed by atoms with Crippen LogP contribution in [0.5, 0.6) is 0 Å². The standard InChI is InChI=1S/C8H10N2O/c1-6-4-7-5-11-3-2-8(7)10-9-6/h4H,2-3,5H2,1H3. The first-order valence-electron chi connectivity index (χ1n) is 3.76. The van der Waals surface area contributed by atoms with E-state index < -0.39 is 0 Å². The Balaban J connectivity index is 2.43. The third-order valence-electron chi connectivity index (χ3n) is 1.82. The zero-order valence-electron chi connectivity index (χ0n) is 6.50. The van der Waals surface area contributed by atoms with Crippen molar-refractivity contribution in [1.82, 2.24) is 10.2 Å². The minimum atomic E-state index is 0.700. The van der Waals surface area contributed by atoms with Gasteiger partial charge in [-0.1, -0.05) is 0 Å². The minimum Gasteiger partial charge on any atom is -0.376 e. The Morgan fingerprint density at radius 1 is 1.45 bits per heavy atom. The van der Waals surface area contributed by atoms with E-state index in [4.69, 9.17) is 4.74 Å². The molecule has 3 heteroatoms. The minimum absolute atomic E-state index is 0.700. The molecule has 3 nitrogen and oxygen atoms in total. The Morgan fingerprint density at radius 2 is 2.36 bits per heavy atom. The van der Waals surface area contributed by atoms with E-state index in [1.807, 2.05) is 13.0 Å². The van der Waals surface area contributed by atoms with Crippen LogP contribution in [0.2, 0.25) is 0 Å². The number of fused-ring (bicyclic) bond motifs is 1. The van der Waals surface area contributed by atoms with Crippen LogP contribution in [0.4, 0.5) is 0 Å². The van der Waals surface area contributed by atoms with Crippen LogP contribution in [0.3, 0.4) is 0 Å². The molecule has 0 atom stereocenters. The van der Waals surface area contributed by atoms with Gasteiger partial charge in [-0.3, -0.25) is 0 Å². The van der Waals surface area contributed by atoms with E-state index in [0.717, 1.165) is 24.4 Å². The second kappa shape index (κ2) is 2.58. The van der Waals surface area contributed by atoms with Gasteiger partial charge in [0.15, 0.2) is 0 Å². The van der Waals surface area contributed by atoms with Gasteiger partial charge in [-0.05, 0) is 13.0 Å². The van der Waals surface area contributed by atoms with Crippen molar-refractivity contribution in [1.29, 1.82) is 0 Å². The molecule has 58 valence electrons. The monoisotopic (exact) mass is 150 g/mol. The summed E-state index contributed by atoms with van der Waals surface area (Å²) in [6, 6.07) is 2.04. The van der Waals surface area contributed by atoms with Gasteiger partial charge in [0.1, 0.15) is 0 Å². The summed E-state index contributed by atoms with van der Waals surface area (Å²) in [5, 5.41) is 8.08. The molecular weight excluding hydrogens is 140 g/mol. The molecule has 1 aliphatic rings. The molecule has 0 radical (unpaired) electrons. The predicted molar refractivity (Wildman–Crippen MR) is 40.1 cm³/mol.